The summed E-state index contributed by atoms with van der Waals surface area (Å²) in [4.78, 5) is 42.4. The summed E-state index contributed by atoms with van der Waals surface area (Å²) in [7, 11) is 1.99. The van der Waals surface area contributed by atoms with Crippen LogP contribution in [0.15, 0.2) is 78.8 Å². The molecule has 0 bridgehead atoms. The molecule has 220 valence electrons. The Morgan fingerprint density at radius 3 is 1.51 bits per heavy atom. The average molecular weight is 636 g/mol. The summed E-state index contributed by atoms with van der Waals surface area (Å²) in [5, 5.41) is 8.40. The van der Waals surface area contributed by atoms with E-state index in [-0.39, 0.29) is 68.8 Å². The average Bonchev–Trinajstić information content (AvgIpc) is 3.01. The molecule has 0 aliphatic heterocycles. The zero-order chi connectivity index (χ0) is 31.8. The number of methoxy groups -OCH3 is 1. The number of nitrogens with zero attached hydrogens (tertiary/aromatic N) is 5. The first-order valence-electron chi connectivity index (χ1n) is 11.5. The van der Waals surface area contributed by atoms with Gasteiger partial charge in [-0.2, -0.15) is 12.1 Å². The minimum Gasteiger partial charge on any atom is -0.857 e. The fraction of sp³-hybridized carbons (Fsp3) is 0.0741. The molecule has 4 rings (SSSR count). The standard InChI is InChI=1S/C12H11ClN6O.C12H10ClN3O2.C2H4.CH3O.Na/c13-9-7(6-4-2-1-3-5-6)18-10(14)8(17-9)11(20)19-12(15)16;1-18-12(17)9-11(14)16-8(10(13)15-9)7-5-3-2-4-6-7;2*1-2;/h1-5H,(H2,14,18)(H4,15,16,19,20);2-6H,1H3,(H2,14,16);1-2H2;1H3;/q;;;-1;+1. The van der Waals surface area contributed by atoms with Crippen molar-refractivity contribution in [2.24, 2.45) is 16.5 Å². The van der Waals surface area contributed by atoms with Crippen LogP contribution >= 0.6 is 23.2 Å². The minimum atomic E-state index is -0.795. The van der Waals surface area contributed by atoms with Gasteiger partial charge in [-0.15, -0.1) is 13.2 Å². The van der Waals surface area contributed by atoms with Crippen molar-refractivity contribution in [2.45, 2.75) is 0 Å². The van der Waals surface area contributed by atoms with Crippen molar-refractivity contribution < 1.29 is 49.0 Å². The topological polar surface area (TPSA) is 234 Å². The number of halogens is 2. The first kappa shape index (κ1) is 38.9. The number of rotatable bonds is 4. The summed E-state index contributed by atoms with van der Waals surface area (Å²) in [6, 6.07) is 18.3. The van der Waals surface area contributed by atoms with Gasteiger partial charge in [0, 0.05) is 11.1 Å². The van der Waals surface area contributed by atoms with Gasteiger partial charge in [0.25, 0.3) is 0 Å². The van der Waals surface area contributed by atoms with E-state index in [2.05, 4.69) is 42.8 Å². The zero-order valence-electron chi connectivity index (χ0n) is 23.6. The third-order valence-corrected chi connectivity index (χ3v) is 5.19. The van der Waals surface area contributed by atoms with E-state index < -0.39 is 11.9 Å². The van der Waals surface area contributed by atoms with Crippen LogP contribution < -0.4 is 57.6 Å². The number of nitrogen functional groups attached to an aromatic ring is 2. The van der Waals surface area contributed by atoms with Gasteiger partial charge >= 0.3 is 41.4 Å². The van der Waals surface area contributed by atoms with E-state index in [0.717, 1.165) is 18.2 Å². The molecule has 2 aromatic carbocycles. The van der Waals surface area contributed by atoms with Gasteiger partial charge in [0.1, 0.15) is 11.4 Å². The number of esters is 1. The summed E-state index contributed by atoms with van der Waals surface area (Å²) in [6.45, 7) is 6.00. The van der Waals surface area contributed by atoms with Crippen molar-refractivity contribution in [3.8, 4) is 22.5 Å². The molecular formula is C27H28Cl2N9NaO4. The summed E-state index contributed by atoms with van der Waals surface area (Å²) in [6.07, 6.45) is 0. The second-order valence-corrected chi connectivity index (χ2v) is 7.98. The predicted octanol–water partition coefficient (Wildman–Crippen LogP) is -0.259. The number of carbonyl (C=O) groups is 2. The number of carbonyl (C=O) groups excluding carboxylic acids is 2. The Balaban J connectivity index is 0.000000723. The molecule has 8 N–H and O–H groups in total. The van der Waals surface area contributed by atoms with E-state index in [1.165, 1.54) is 7.11 Å². The molecule has 0 saturated carbocycles. The van der Waals surface area contributed by atoms with E-state index in [1.54, 1.807) is 12.1 Å². The Labute approximate surface area is 280 Å². The number of hydrogen-bond acceptors (Lipinski definition) is 10. The van der Waals surface area contributed by atoms with Crippen molar-refractivity contribution in [3.05, 3.63) is 95.5 Å². The first-order chi connectivity index (χ1) is 20.1. The molecule has 0 fully saturated rings. The Bertz CT molecular complexity index is 1530. The van der Waals surface area contributed by atoms with Crippen molar-refractivity contribution in [2.75, 3.05) is 25.7 Å². The first-order valence-corrected chi connectivity index (χ1v) is 12.3. The van der Waals surface area contributed by atoms with Crippen molar-refractivity contribution in [1.82, 2.24) is 19.9 Å². The molecule has 0 unspecified atom stereocenters. The van der Waals surface area contributed by atoms with Crippen LogP contribution in [0.5, 0.6) is 0 Å². The Morgan fingerprint density at radius 2 is 1.14 bits per heavy atom. The number of aliphatic imine (C=N–C) groups is 1. The molecule has 2 heterocycles. The molecule has 0 spiro atoms. The Kier molecular flexibility index (Phi) is 18.0. The third kappa shape index (κ3) is 11.2. The monoisotopic (exact) mass is 635 g/mol. The minimum absolute atomic E-state index is 0. The molecule has 0 saturated heterocycles. The molecule has 1 amide bonds. The van der Waals surface area contributed by atoms with E-state index in [1.807, 2.05) is 48.5 Å². The number of nitrogens with two attached hydrogens (primary N) is 4. The fourth-order valence-corrected chi connectivity index (χ4v) is 3.46. The van der Waals surface area contributed by atoms with Gasteiger partial charge in [0.15, 0.2) is 39.3 Å². The molecule has 2 aromatic heterocycles. The predicted molar refractivity (Wildman–Crippen MR) is 162 cm³/mol. The molecule has 4 aromatic rings. The summed E-state index contributed by atoms with van der Waals surface area (Å²) in [5.41, 5.74) is 23.7. The molecule has 13 nitrogen and oxygen atoms in total. The van der Waals surface area contributed by atoms with E-state index in [4.69, 9.17) is 51.2 Å². The van der Waals surface area contributed by atoms with Gasteiger partial charge in [0.2, 0.25) is 0 Å². The summed E-state index contributed by atoms with van der Waals surface area (Å²) in [5.74, 6) is -1.95. The summed E-state index contributed by atoms with van der Waals surface area (Å²) >= 11 is 12.0. The maximum absolute atomic E-state index is 11.7. The van der Waals surface area contributed by atoms with E-state index >= 15 is 0 Å². The van der Waals surface area contributed by atoms with Crippen molar-refractivity contribution >= 4 is 52.7 Å². The number of amides is 1. The van der Waals surface area contributed by atoms with Crippen LogP contribution in [0.1, 0.15) is 21.0 Å². The molecule has 0 aliphatic rings. The second kappa shape index (κ2) is 19.9. The quantitative estimate of drug-likeness (QED) is 0.0746. The Hall–Kier alpha value is -4.11. The zero-order valence-corrected chi connectivity index (χ0v) is 27.1. The Morgan fingerprint density at radius 1 is 0.767 bits per heavy atom. The van der Waals surface area contributed by atoms with Gasteiger partial charge in [-0.1, -0.05) is 83.9 Å². The number of hydrogen-bond donors (Lipinski definition) is 4. The summed E-state index contributed by atoms with van der Waals surface area (Å²) < 4.78 is 4.54. The van der Waals surface area contributed by atoms with Gasteiger partial charge in [-0.25, -0.2) is 24.7 Å². The van der Waals surface area contributed by atoms with Crippen LogP contribution in [0, 0.1) is 0 Å². The van der Waals surface area contributed by atoms with Gasteiger partial charge < -0.3 is 32.8 Å². The van der Waals surface area contributed by atoms with Gasteiger partial charge in [-0.05, 0) is 0 Å². The number of aromatic nitrogens is 4. The maximum atomic E-state index is 11.7. The molecule has 0 atom stereocenters. The van der Waals surface area contributed by atoms with Crippen LogP contribution in [-0.2, 0) is 4.74 Å². The SMILES string of the molecule is C=C.COC(=O)c1nc(Cl)c(-c2ccccc2)nc1N.C[O-].NC(N)=NC(=O)c1nc(Cl)c(-c2ccccc2)nc1N.[Na+]. The van der Waals surface area contributed by atoms with Gasteiger partial charge in [-0.3, -0.25) is 4.79 Å². The van der Waals surface area contributed by atoms with E-state index in [9.17, 15) is 9.59 Å². The van der Waals surface area contributed by atoms with Crippen LogP contribution in [0.4, 0.5) is 11.6 Å². The number of ether oxygens (including phenoxy) is 1. The smallest absolute Gasteiger partial charge is 0.857 e. The van der Waals surface area contributed by atoms with Crippen LogP contribution in [0.25, 0.3) is 22.5 Å². The number of benzene rings is 2. The van der Waals surface area contributed by atoms with Crippen molar-refractivity contribution in [1.29, 1.82) is 0 Å². The van der Waals surface area contributed by atoms with Gasteiger partial charge in [0.05, 0.1) is 7.11 Å². The van der Waals surface area contributed by atoms with Crippen molar-refractivity contribution in [3.63, 3.8) is 0 Å². The molecule has 43 heavy (non-hydrogen) atoms. The normalized spacial score (nSPS) is 9.14. The van der Waals surface area contributed by atoms with Crippen LogP contribution in [0.3, 0.4) is 0 Å². The fourth-order valence-electron chi connectivity index (χ4n) is 2.99. The number of anilines is 2. The maximum Gasteiger partial charge on any atom is 1.00 e. The second-order valence-electron chi connectivity index (χ2n) is 7.26. The van der Waals surface area contributed by atoms with Crippen LogP contribution in [-0.4, -0.2) is 52.0 Å². The largest absolute Gasteiger partial charge is 1.00 e. The molecule has 0 aliphatic carbocycles. The molecule has 16 heteroatoms. The van der Waals surface area contributed by atoms with E-state index in [0.29, 0.717) is 11.4 Å². The molecular weight excluding hydrogens is 608 g/mol. The molecule has 0 radical (unpaired) electrons. The third-order valence-electron chi connectivity index (χ3n) is 4.67. The number of guanidine groups is 1. The van der Waals surface area contributed by atoms with Crippen LogP contribution in [0.2, 0.25) is 10.3 Å².